The minimum absolute atomic E-state index is 0.192. The van der Waals surface area contributed by atoms with Crippen molar-refractivity contribution in [1.82, 2.24) is 14.5 Å². The zero-order valence-corrected chi connectivity index (χ0v) is 21.7. The normalized spacial score (nSPS) is 13.2. The Morgan fingerprint density at radius 3 is 2.37 bits per heavy atom. The summed E-state index contributed by atoms with van der Waals surface area (Å²) in [7, 11) is 0. The summed E-state index contributed by atoms with van der Waals surface area (Å²) in [6.45, 7) is 4.62. The standard InChI is InChI=1S/C16H11ClFN.C15H10ClFN2/c1-2-10-6-7-15(17)19-16(10)12-8-11-4-3-5-14(18)13(11)9-12;16-14-5-4-9-6-7-19-12-3-1-2-11(17)10(12)8-13(19)15(9)18-14/h2-7,9H,1,8H2;1-5,8H,6-7H2. The first-order chi connectivity index (χ1) is 18.4. The highest BCUT2D eigenvalue weighted by molar-refractivity contribution is 6.29. The Bertz CT molecular complexity index is 1770. The molecule has 7 heteroatoms. The summed E-state index contributed by atoms with van der Waals surface area (Å²) in [6, 6.07) is 19.6. The van der Waals surface area contributed by atoms with E-state index in [1.54, 1.807) is 30.3 Å². The molecule has 0 saturated carbocycles. The Labute approximate surface area is 228 Å². The van der Waals surface area contributed by atoms with E-state index in [2.05, 4.69) is 21.1 Å². The van der Waals surface area contributed by atoms with Gasteiger partial charge in [0.15, 0.2) is 0 Å². The summed E-state index contributed by atoms with van der Waals surface area (Å²) in [5, 5.41) is 1.54. The van der Waals surface area contributed by atoms with Gasteiger partial charge in [-0.3, -0.25) is 0 Å². The summed E-state index contributed by atoms with van der Waals surface area (Å²) in [5.41, 5.74) is 8.18. The number of aromatic nitrogens is 3. The van der Waals surface area contributed by atoms with Crippen molar-refractivity contribution in [2.45, 2.75) is 19.4 Å². The summed E-state index contributed by atoms with van der Waals surface area (Å²) in [5.74, 6) is -0.391. The van der Waals surface area contributed by atoms with Crippen LogP contribution in [0.25, 0.3) is 40.0 Å². The van der Waals surface area contributed by atoms with Crippen LogP contribution in [0.3, 0.4) is 0 Å². The zero-order valence-electron chi connectivity index (χ0n) is 20.2. The lowest BCUT2D eigenvalue weighted by atomic mass is 10.0. The summed E-state index contributed by atoms with van der Waals surface area (Å²) < 4.78 is 29.7. The largest absolute Gasteiger partial charge is 0.339 e. The van der Waals surface area contributed by atoms with Gasteiger partial charge < -0.3 is 4.57 Å². The first-order valence-corrected chi connectivity index (χ1v) is 12.9. The van der Waals surface area contributed by atoms with Crippen molar-refractivity contribution in [3.63, 3.8) is 0 Å². The Balaban J connectivity index is 0.000000139. The van der Waals surface area contributed by atoms with Crippen molar-refractivity contribution in [1.29, 1.82) is 0 Å². The molecular weight excluding hydrogens is 523 g/mol. The second-order valence-corrected chi connectivity index (χ2v) is 9.95. The first kappa shape index (κ1) is 24.5. The molecule has 4 heterocycles. The Kier molecular flexibility index (Phi) is 6.34. The maximum atomic E-state index is 13.9. The average molecular weight is 544 g/mol. The lowest BCUT2D eigenvalue weighted by Crippen LogP contribution is -2.11. The van der Waals surface area contributed by atoms with Gasteiger partial charge in [-0.05, 0) is 77.2 Å². The topological polar surface area (TPSA) is 30.7 Å². The Morgan fingerprint density at radius 1 is 0.842 bits per heavy atom. The van der Waals surface area contributed by atoms with Gasteiger partial charge in [0.2, 0.25) is 0 Å². The summed E-state index contributed by atoms with van der Waals surface area (Å²) in [6.07, 6.45) is 5.14. The molecule has 2 aliphatic rings. The molecule has 3 aromatic heterocycles. The summed E-state index contributed by atoms with van der Waals surface area (Å²) >= 11 is 11.9. The molecule has 0 N–H and O–H groups in total. The van der Waals surface area contributed by atoms with Gasteiger partial charge in [-0.2, -0.15) is 0 Å². The van der Waals surface area contributed by atoms with Crippen molar-refractivity contribution in [3.8, 4) is 11.4 Å². The monoisotopic (exact) mass is 543 g/mol. The third kappa shape index (κ3) is 4.32. The number of halogens is 4. The molecule has 1 aliphatic carbocycles. The zero-order chi connectivity index (χ0) is 26.4. The van der Waals surface area contributed by atoms with Crippen molar-refractivity contribution in [2.24, 2.45) is 0 Å². The highest BCUT2D eigenvalue weighted by Crippen LogP contribution is 2.36. The van der Waals surface area contributed by atoms with Crippen LogP contribution < -0.4 is 0 Å². The lowest BCUT2D eigenvalue weighted by molar-refractivity contribution is 0.624. The third-order valence-corrected chi connectivity index (χ3v) is 7.36. The van der Waals surface area contributed by atoms with E-state index in [-0.39, 0.29) is 11.6 Å². The number of rotatable bonds is 2. The molecule has 0 unspecified atom stereocenters. The van der Waals surface area contributed by atoms with Crippen LogP contribution in [0.4, 0.5) is 8.78 Å². The van der Waals surface area contributed by atoms with Gasteiger partial charge in [0.1, 0.15) is 21.9 Å². The van der Waals surface area contributed by atoms with E-state index in [0.717, 1.165) is 52.3 Å². The molecule has 0 spiro atoms. The van der Waals surface area contributed by atoms with Crippen LogP contribution in [0.2, 0.25) is 10.3 Å². The minimum Gasteiger partial charge on any atom is -0.339 e. The molecule has 0 fully saturated rings. The first-order valence-electron chi connectivity index (χ1n) is 12.1. The van der Waals surface area contributed by atoms with Crippen LogP contribution >= 0.6 is 23.2 Å². The van der Waals surface area contributed by atoms with E-state index in [9.17, 15) is 8.78 Å². The second-order valence-electron chi connectivity index (χ2n) is 9.18. The van der Waals surface area contributed by atoms with E-state index in [0.29, 0.717) is 27.7 Å². The van der Waals surface area contributed by atoms with Gasteiger partial charge in [-0.25, -0.2) is 18.7 Å². The van der Waals surface area contributed by atoms with Crippen LogP contribution in [-0.2, 0) is 19.4 Å². The predicted octanol–water partition coefficient (Wildman–Crippen LogP) is 8.67. The van der Waals surface area contributed by atoms with Gasteiger partial charge in [0, 0.05) is 23.9 Å². The van der Waals surface area contributed by atoms with E-state index in [1.807, 2.05) is 36.4 Å². The maximum Gasteiger partial charge on any atom is 0.132 e. The molecular formula is C31H21Cl2F2N3. The molecule has 38 heavy (non-hydrogen) atoms. The Morgan fingerprint density at radius 2 is 1.58 bits per heavy atom. The molecule has 188 valence electrons. The molecule has 0 amide bonds. The van der Waals surface area contributed by atoms with Crippen molar-refractivity contribution < 1.29 is 8.78 Å². The fourth-order valence-electron chi connectivity index (χ4n) is 5.15. The number of hydrogen-bond acceptors (Lipinski definition) is 2. The second kappa shape index (κ2) is 9.82. The van der Waals surface area contributed by atoms with Crippen LogP contribution in [0.5, 0.6) is 0 Å². The van der Waals surface area contributed by atoms with Crippen molar-refractivity contribution in [2.75, 3.05) is 0 Å². The predicted molar refractivity (Wildman–Crippen MR) is 151 cm³/mol. The minimum atomic E-state index is -0.199. The average Bonchev–Trinajstić information content (AvgIpc) is 3.53. The molecule has 7 rings (SSSR count). The van der Waals surface area contributed by atoms with E-state index < -0.39 is 0 Å². The highest BCUT2D eigenvalue weighted by Gasteiger charge is 2.22. The van der Waals surface area contributed by atoms with Gasteiger partial charge in [-0.15, -0.1) is 0 Å². The van der Waals surface area contributed by atoms with E-state index in [1.165, 1.54) is 17.7 Å². The number of benzene rings is 2. The van der Waals surface area contributed by atoms with Crippen molar-refractivity contribution >= 4 is 51.8 Å². The molecule has 5 aromatic rings. The number of hydrogen-bond donors (Lipinski definition) is 0. The highest BCUT2D eigenvalue weighted by atomic mass is 35.5. The number of allylic oxidation sites excluding steroid dienone is 1. The molecule has 0 radical (unpaired) electrons. The molecule has 1 aliphatic heterocycles. The molecule has 0 saturated heterocycles. The van der Waals surface area contributed by atoms with Gasteiger partial charge in [0.25, 0.3) is 0 Å². The fourth-order valence-corrected chi connectivity index (χ4v) is 5.45. The van der Waals surface area contributed by atoms with Crippen LogP contribution in [-0.4, -0.2) is 14.5 Å². The van der Waals surface area contributed by atoms with Crippen LogP contribution in [0.15, 0.2) is 73.3 Å². The molecule has 3 nitrogen and oxygen atoms in total. The number of aryl methyl sites for hydroxylation is 2. The van der Waals surface area contributed by atoms with Gasteiger partial charge in [0.05, 0.1) is 22.6 Å². The van der Waals surface area contributed by atoms with Gasteiger partial charge >= 0.3 is 0 Å². The van der Waals surface area contributed by atoms with Gasteiger partial charge in [-0.1, -0.05) is 60.1 Å². The molecule has 0 atom stereocenters. The smallest absolute Gasteiger partial charge is 0.132 e. The van der Waals surface area contributed by atoms with Crippen molar-refractivity contribution in [3.05, 3.63) is 123 Å². The number of nitrogens with zero attached hydrogens (tertiary/aromatic N) is 3. The van der Waals surface area contributed by atoms with E-state index >= 15 is 0 Å². The molecule has 2 aromatic carbocycles. The van der Waals surface area contributed by atoms with Crippen LogP contribution in [0.1, 0.15) is 27.9 Å². The fraction of sp³-hybridized carbons (Fsp3) is 0.0968. The summed E-state index contributed by atoms with van der Waals surface area (Å²) in [4.78, 5) is 8.74. The number of pyridine rings is 2. The maximum absolute atomic E-state index is 13.9. The third-order valence-electron chi connectivity index (χ3n) is 6.94. The van der Waals surface area contributed by atoms with E-state index in [4.69, 9.17) is 23.2 Å². The lowest BCUT2D eigenvalue weighted by Gasteiger charge is -2.19. The Hall–Kier alpha value is -3.80. The number of fused-ring (bicyclic) bond motifs is 6. The quantitative estimate of drug-likeness (QED) is 0.208. The SMILES string of the molecule is C=Cc1ccc(Cl)nc1C1=Cc2c(F)cccc2C1.Fc1cccc2c1cc1n2CCc2ccc(Cl)nc2-1. The molecule has 0 bridgehead atoms. The van der Waals surface area contributed by atoms with Crippen LogP contribution in [0, 0.1) is 11.6 Å².